The molecular formula is C25H33F6N3O2. The van der Waals surface area contributed by atoms with Crippen LogP contribution in [0.1, 0.15) is 79.3 Å². The number of carbonyl (C=O) groups excluding carboxylic acids is 2. The smallest absolute Gasteiger partial charge is 0.355 e. The minimum Gasteiger partial charge on any atom is -0.355 e. The zero-order valence-electron chi connectivity index (χ0n) is 20.0. The molecule has 3 rings (SSSR count). The molecule has 2 aliphatic rings. The van der Waals surface area contributed by atoms with Crippen molar-refractivity contribution in [3.63, 3.8) is 0 Å². The molecule has 202 valence electrons. The molecule has 1 aromatic rings. The fourth-order valence-electron chi connectivity index (χ4n) is 4.97. The highest BCUT2D eigenvalue weighted by Crippen LogP contribution is 2.36. The summed E-state index contributed by atoms with van der Waals surface area (Å²) in [6, 6.07) is 0.556. The van der Waals surface area contributed by atoms with Crippen molar-refractivity contribution in [3.05, 3.63) is 34.9 Å². The summed E-state index contributed by atoms with van der Waals surface area (Å²) in [6.07, 6.45) is -1.45. The van der Waals surface area contributed by atoms with Crippen LogP contribution in [0.15, 0.2) is 18.2 Å². The van der Waals surface area contributed by atoms with E-state index in [4.69, 9.17) is 0 Å². The zero-order chi connectivity index (χ0) is 26.3. The van der Waals surface area contributed by atoms with E-state index in [2.05, 4.69) is 16.0 Å². The molecule has 0 radical (unpaired) electrons. The third-order valence-corrected chi connectivity index (χ3v) is 7.06. The quantitative estimate of drug-likeness (QED) is 0.407. The lowest BCUT2D eigenvalue weighted by Crippen LogP contribution is -2.41. The summed E-state index contributed by atoms with van der Waals surface area (Å²) in [5.41, 5.74) is -3.69. The Bertz CT molecular complexity index is 857. The average molecular weight is 522 g/mol. The summed E-state index contributed by atoms with van der Waals surface area (Å²) in [5, 5.41) is 8.70. The molecule has 5 nitrogen and oxygen atoms in total. The van der Waals surface area contributed by atoms with Gasteiger partial charge in [0.1, 0.15) is 0 Å². The van der Waals surface area contributed by atoms with Gasteiger partial charge in [0.2, 0.25) is 5.91 Å². The fraction of sp³-hybridized carbons (Fsp3) is 0.680. The second kappa shape index (κ2) is 12.3. The molecule has 2 aliphatic carbocycles. The van der Waals surface area contributed by atoms with Crippen LogP contribution >= 0.6 is 0 Å². The molecule has 0 aliphatic heterocycles. The fourth-order valence-corrected chi connectivity index (χ4v) is 4.97. The van der Waals surface area contributed by atoms with E-state index in [1.54, 1.807) is 0 Å². The monoisotopic (exact) mass is 521 g/mol. The highest BCUT2D eigenvalue weighted by atomic mass is 19.4. The minimum atomic E-state index is -5.01. The number of halogens is 6. The van der Waals surface area contributed by atoms with Crippen LogP contribution in [0.2, 0.25) is 0 Å². The number of carbonyl (C=O) groups is 2. The van der Waals surface area contributed by atoms with E-state index < -0.39 is 35.0 Å². The van der Waals surface area contributed by atoms with Gasteiger partial charge in [-0.3, -0.25) is 9.59 Å². The average Bonchev–Trinajstić information content (AvgIpc) is 2.83. The normalized spacial score (nSPS) is 21.7. The van der Waals surface area contributed by atoms with Crippen LogP contribution in [0.3, 0.4) is 0 Å². The summed E-state index contributed by atoms with van der Waals surface area (Å²) in [6.45, 7) is 1.56. The Hall–Kier alpha value is -2.30. The molecule has 0 aromatic heterocycles. The van der Waals surface area contributed by atoms with Crippen LogP contribution in [0, 0.1) is 11.8 Å². The van der Waals surface area contributed by atoms with E-state index >= 15 is 0 Å². The first kappa shape index (κ1) is 28.3. The Morgan fingerprint density at radius 2 is 1.31 bits per heavy atom. The number of nitrogens with one attached hydrogen (secondary N) is 3. The minimum absolute atomic E-state index is 0.00521. The molecule has 3 N–H and O–H groups in total. The van der Waals surface area contributed by atoms with Gasteiger partial charge in [0, 0.05) is 18.2 Å². The summed E-state index contributed by atoms with van der Waals surface area (Å²) in [7, 11) is 0. The summed E-state index contributed by atoms with van der Waals surface area (Å²) in [5.74, 6) is -0.164. The summed E-state index contributed by atoms with van der Waals surface area (Å²) in [4.78, 5) is 24.5. The lowest BCUT2D eigenvalue weighted by molar-refractivity contribution is -0.143. The van der Waals surface area contributed by atoms with Crippen molar-refractivity contribution < 1.29 is 35.9 Å². The number of amides is 2. The standard InChI is InChI=1S/C25H33F6N3O2/c26-24(27,28)19-10-18(11-20(12-19)25(29,30)31)23(36)34-21-8-6-17(7-9-21)13-32-15-22(35)33-14-16-4-2-1-3-5-16/h10-12,16-17,21,32H,1-9,13-15H2,(H,33,35)(H,34,36)/t17-,21-. The molecule has 1 aromatic carbocycles. The zero-order valence-corrected chi connectivity index (χ0v) is 20.0. The number of hydrogen-bond donors (Lipinski definition) is 3. The molecule has 0 saturated heterocycles. The maximum Gasteiger partial charge on any atom is 0.416 e. The summed E-state index contributed by atoms with van der Waals surface area (Å²) < 4.78 is 78.3. The number of hydrogen-bond acceptors (Lipinski definition) is 3. The molecule has 0 atom stereocenters. The lowest BCUT2D eigenvalue weighted by atomic mass is 9.86. The second-order valence-corrected chi connectivity index (χ2v) is 9.92. The number of alkyl halides is 6. The molecule has 11 heteroatoms. The van der Waals surface area contributed by atoms with Crippen molar-refractivity contribution in [1.82, 2.24) is 16.0 Å². The van der Waals surface area contributed by atoms with Crippen molar-refractivity contribution in [1.29, 1.82) is 0 Å². The van der Waals surface area contributed by atoms with Crippen molar-refractivity contribution in [3.8, 4) is 0 Å². The van der Waals surface area contributed by atoms with E-state index in [-0.39, 0.29) is 30.5 Å². The van der Waals surface area contributed by atoms with Crippen LogP contribution < -0.4 is 16.0 Å². The highest BCUT2D eigenvalue weighted by Gasteiger charge is 2.37. The molecule has 0 heterocycles. The molecule has 0 unspecified atom stereocenters. The van der Waals surface area contributed by atoms with Crippen LogP contribution in [-0.4, -0.2) is 37.5 Å². The first-order valence-corrected chi connectivity index (χ1v) is 12.5. The lowest BCUT2D eigenvalue weighted by Gasteiger charge is -2.29. The van der Waals surface area contributed by atoms with Gasteiger partial charge in [-0.05, 0) is 75.1 Å². The third-order valence-electron chi connectivity index (χ3n) is 7.06. The Balaban J connectivity index is 1.41. The van der Waals surface area contributed by atoms with E-state index in [1.165, 1.54) is 19.3 Å². The Morgan fingerprint density at radius 1 is 0.750 bits per heavy atom. The topological polar surface area (TPSA) is 70.2 Å². The van der Waals surface area contributed by atoms with Crippen molar-refractivity contribution in [2.24, 2.45) is 11.8 Å². The van der Waals surface area contributed by atoms with Gasteiger partial charge in [-0.1, -0.05) is 19.3 Å². The van der Waals surface area contributed by atoms with E-state index in [0.29, 0.717) is 44.0 Å². The molecule has 0 spiro atoms. The van der Waals surface area contributed by atoms with Crippen LogP contribution in [-0.2, 0) is 17.1 Å². The van der Waals surface area contributed by atoms with Gasteiger partial charge in [0.05, 0.1) is 17.7 Å². The van der Waals surface area contributed by atoms with E-state index in [0.717, 1.165) is 25.7 Å². The van der Waals surface area contributed by atoms with Gasteiger partial charge in [-0.15, -0.1) is 0 Å². The number of rotatable bonds is 8. The predicted molar refractivity (Wildman–Crippen MR) is 122 cm³/mol. The molecular weight excluding hydrogens is 488 g/mol. The maximum absolute atomic E-state index is 13.1. The van der Waals surface area contributed by atoms with Crippen molar-refractivity contribution in [2.75, 3.05) is 19.6 Å². The van der Waals surface area contributed by atoms with Gasteiger partial charge in [0.25, 0.3) is 5.91 Å². The predicted octanol–water partition coefficient (Wildman–Crippen LogP) is 5.30. The van der Waals surface area contributed by atoms with E-state index in [1.807, 2.05) is 0 Å². The third kappa shape index (κ3) is 8.67. The second-order valence-electron chi connectivity index (χ2n) is 9.92. The van der Waals surface area contributed by atoms with Gasteiger partial charge in [-0.25, -0.2) is 0 Å². The molecule has 2 fully saturated rings. The molecule has 0 bridgehead atoms. The van der Waals surface area contributed by atoms with Gasteiger partial charge in [0.15, 0.2) is 0 Å². The van der Waals surface area contributed by atoms with E-state index in [9.17, 15) is 35.9 Å². The maximum atomic E-state index is 13.1. The largest absolute Gasteiger partial charge is 0.416 e. The Labute approximate surface area is 206 Å². The van der Waals surface area contributed by atoms with Crippen LogP contribution in [0.4, 0.5) is 26.3 Å². The molecule has 2 amide bonds. The molecule has 36 heavy (non-hydrogen) atoms. The van der Waals surface area contributed by atoms with Gasteiger partial charge < -0.3 is 16.0 Å². The van der Waals surface area contributed by atoms with Crippen molar-refractivity contribution >= 4 is 11.8 Å². The van der Waals surface area contributed by atoms with Crippen molar-refractivity contribution in [2.45, 2.75) is 76.2 Å². The highest BCUT2D eigenvalue weighted by molar-refractivity contribution is 5.94. The van der Waals surface area contributed by atoms with Crippen LogP contribution in [0.5, 0.6) is 0 Å². The number of benzene rings is 1. The Morgan fingerprint density at radius 3 is 1.86 bits per heavy atom. The van der Waals surface area contributed by atoms with Crippen LogP contribution in [0.25, 0.3) is 0 Å². The van der Waals surface area contributed by atoms with Gasteiger partial charge >= 0.3 is 12.4 Å². The first-order chi connectivity index (χ1) is 16.9. The first-order valence-electron chi connectivity index (χ1n) is 12.5. The molecule has 2 saturated carbocycles. The summed E-state index contributed by atoms with van der Waals surface area (Å²) >= 11 is 0. The van der Waals surface area contributed by atoms with Gasteiger partial charge in [-0.2, -0.15) is 26.3 Å². The SMILES string of the molecule is O=C(CNC[C@H]1CC[C@H](NC(=O)c2cc(C(F)(F)F)cc(C(F)(F)F)c2)CC1)NCC1CCCCC1. The Kier molecular flexibility index (Phi) is 9.66.